The molecule has 2 heterocycles. The van der Waals surface area contributed by atoms with Crippen LogP contribution in [0.5, 0.6) is 0 Å². The lowest BCUT2D eigenvalue weighted by Gasteiger charge is -2.25. The molecular formula is C13H15ClN4. The van der Waals surface area contributed by atoms with Crippen molar-refractivity contribution in [1.29, 1.82) is 0 Å². The fourth-order valence-corrected chi connectivity index (χ4v) is 2.75. The Bertz CT molecular complexity index is 572. The Morgan fingerprint density at radius 1 is 1.28 bits per heavy atom. The van der Waals surface area contributed by atoms with Gasteiger partial charge in [-0.25, -0.2) is 9.97 Å². The summed E-state index contributed by atoms with van der Waals surface area (Å²) in [5.41, 5.74) is 7.49. The highest BCUT2D eigenvalue weighted by molar-refractivity contribution is 6.32. The third kappa shape index (κ3) is 1.91. The first kappa shape index (κ1) is 11.7. The number of hydrogen-bond donors (Lipinski definition) is 1. The molecule has 1 aromatic carbocycles. The Balaban J connectivity index is 2.08. The van der Waals surface area contributed by atoms with Gasteiger partial charge >= 0.3 is 0 Å². The maximum Gasteiger partial charge on any atom is 0.172 e. The maximum atomic E-state index is 6.25. The number of para-hydroxylation sites is 2. The Kier molecular flexibility index (Phi) is 3.06. The van der Waals surface area contributed by atoms with Crippen molar-refractivity contribution in [2.24, 2.45) is 5.73 Å². The second-order valence-electron chi connectivity index (χ2n) is 4.55. The Hall–Kier alpha value is -1.39. The molecule has 1 fully saturated rings. The normalized spacial score (nSPS) is 19.7. The summed E-state index contributed by atoms with van der Waals surface area (Å²) in [6.45, 7) is 1.58. The number of anilines is 1. The molecule has 0 amide bonds. The minimum Gasteiger partial charge on any atom is -0.350 e. The first-order valence-corrected chi connectivity index (χ1v) is 6.56. The van der Waals surface area contributed by atoms with E-state index in [9.17, 15) is 0 Å². The van der Waals surface area contributed by atoms with E-state index in [-0.39, 0.29) is 0 Å². The van der Waals surface area contributed by atoms with Crippen molar-refractivity contribution in [2.75, 3.05) is 18.0 Å². The molecule has 0 aliphatic carbocycles. The maximum absolute atomic E-state index is 6.25. The van der Waals surface area contributed by atoms with E-state index < -0.39 is 0 Å². The molecule has 2 aromatic rings. The van der Waals surface area contributed by atoms with Gasteiger partial charge in [0.05, 0.1) is 11.0 Å². The van der Waals surface area contributed by atoms with Crippen molar-refractivity contribution in [3.63, 3.8) is 0 Å². The van der Waals surface area contributed by atoms with Crippen LogP contribution in [0, 0.1) is 0 Å². The fraction of sp³-hybridized carbons (Fsp3) is 0.385. The molecule has 1 aromatic heterocycles. The highest BCUT2D eigenvalue weighted by Gasteiger charge is 2.26. The highest BCUT2D eigenvalue weighted by atomic mass is 35.5. The molecule has 4 nitrogen and oxygen atoms in total. The fourth-order valence-electron chi connectivity index (χ4n) is 2.51. The van der Waals surface area contributed by atoms with Gasteiger partial charge in [-0.2, -0.15) is 0 Å². The van der Waals surface area contributed by atoms with Gasteiger partial charge in [-0.1, -0.05) is 23.7 Å². The van der Waals surface area contributed by atoms with Gasteiger partial charge in [0.25, 0.3) is 0 Å². The average molecular weight is 263 g/mol. The lowest BCUT2D eigenvalue weighted by molar-refractivity contribution is 0.671. The Morgan fingerprint density at radius 3 is 2.72 bits per heavy atom. The van der Waals surface area contributed by atoms with Crippen LogP contribution in [-0.4, -0.2) is 29.1 Å². The van der Waals surface area contributed by atoms with Gasteiger partial charge in [0, 0.05) is 19.1 Å². The van der Waals surface area contributed by atoms with E-state index in [0.29, 0.717) is 17.7 Å². The zero-order valence-corrected chi connectivity index (χ0v) is 10.8. The summed E-state index contributed by atoms with van der Waals surface area (Å²) in [6.07, 6.45) is 2.23. The van der Waals surface area contributed by atoms with Crippen LogP contribution < -0.4 is 10.6 Å². The van der Waals surface area contributed by atoms with Gasteiger partial charge < -0.3 is 10.6 Å². The largest absolute Gasteiger partial charge is 0.350 e. The molecule has 3 rings (SSSR count). The SMILES string of the molecule is NC[C@@H]1CCCN1c1nc2ccccc2nc1Cl. The predicted octanol–water partition coefficient (Wildman–Crippen LogP) is 2.21. The zero-order chi connectivity index (χ0) is 12.5. The molecule has 0 radical (unpaired) electrons. The van der Waals surface area contributed by atoms with Crippen molar-refractivity contribution >= 4 is 28.5 Å². The van der Waals surface area contributed by atoms with Crippen LogP contribution in [0.3, 0.4) is 0 Å². The zero-order valence-electron chi connectivity index (χ0n) is 10.0. The molecule has 1 aliphatic rings. The van der Waals surface area contributed by atoms with E-state index in [1.165, 1.54) is 0 Å². The number of benzene rings is 1. The van der Waals surface area contributed by atoms with E-state index in [2.05, 4.69) is 14.9 Å². The van der Waals surface area contributed by atoms with E-state index in [1.54, 1.807) is 0 Å². The summed E-state index contributed by atoms with van der Waals surface area (Å²) in [5, 5.41) is 0.467. The number of nitrogens with two attached hydrogens (primary N) is 1. The van der Waals surface area contributed by atoms with Crippen LogP contribution in [0.1, 0.15) is 12.8 Å². The van der Waals surface area contributed by atoms with Crippen molar-refractivity contribution in [2.45, 2.75) is 18.9 Å². The third-order valence-electron chi connectivity index (χ3n) is 3.43. The van der Waals surface area contributed by atoms with Crippen LogP contribution in [0.15, 0.2) is 24.3 Å². The molecule has 0 bridgehead atoms. The van der Waals surface area contributed by atoms with Crippen molar-refractivity contribution < 1.29 is 0 Å². The number of fused-ring (bicyclic) bond motifs is 1. The van der Waals surface area contributed by atoms with E-state index in [4.69, 9.17) is 17.3 Å². The first-order chi connectivity index (χ1) is 8.79. The van der Waals surface area contributed by atoms with Gasteiger partial charge in [-0.05, 0) is 25.0 Å². The van der Waals surface area contributed by atoms with Crippen molar-refractivity contribution in [3.8, 4) is 0 Å². The molecule has 5 heteroatoms. The van der Waals surface area contributed by atoms with Crippen LogP contribution in [0.25, 0.3) is 11.0 Å². The van der Waals surface area contributed by atoms with Crippen molar-refractivity contribution in [1.82, 2.24) is 9.97 Å². The van der Waals surface area contributed by atoms with Gasteiger partial charge in [-0.3, -0.25) is 0 Å². The second-order valence-corrected chi connectivity index (χ2v) is 4.91. The van der Waals surface area contributed by atoms with E-state index >= 15 is 0 Å². The minimum absolute atomic E-state index is 0.331. The summed E-state index contributed by atoms with van der Waals surface area (Å²) in [7, 11) is 0. The number of hydrogen-bond acceptors (Lipinski definition) is 4. The standard InChI is InChI=1S/C13H15ClN4/c14-12-13(18-7-3-4-9(18)8-15)17-11-6-2-1-5-10(11)16-12/h1-2,5-6,9H,3-4,7-8,15H2/t9-/m0/s1. The lowest BCUT2D eigenvalue weighted by Crippen LogP contribution is -2.36. The Labute approximate surface area is 111 Å². The molecule has 94 valence electrons. The van der Waals surface area contributed by atoms with Gasteiger partial charge in [-0.15, -0.1) is 0 Å². The van der Waals surface area contributed by atoms with E-state index in [0.717, 1.165) is 36.2 Å². The second kappa shape index (κ2) is 4.71. The van der Waals surface area contributed by atoms with Gasteiger partial charge in [0.15, 0.2) is 11.0 Å². The van der Waals surface area contributed by atoms with Crippen LogP contribution in [0.4, 0.5) is 5.82 Å². The molecule has 0 spiro atoms. The quantitative estimate of drug-likeness (QED) is 0.902. The highest BCUT2D eigenvalue weighted by Crippen LogP contribution is 2.30. The topological polar surface area (TPSA) is 55.0 Å². The summed E-state index contributed by atoms with van der Waals surface area (Å²) >= 11 is 6.25. The molecule has 0 saturated carbocycles. The van der Waals surface area contributed by atoms with Crippen LogP contribution in [-0.2, 0) is 0 Å². The molecular weight excluding hydrogens is 248 g/mol. The number of halogens is 1. The molecule has 1 aliphatic heterocycles. The Morgan fingerprint density at radius 2 is 2.00 bits per heavy atom. The molecule has 0 unspecified atom stereocenters. The monoisotopic (exact) mass is 262 g/mol. The minimum atomic E-state index is 0.331. The third-order valence-corrected chi connectivity index (χ3v) is 3.69. The molecule has 1 atom stereocenters. The van der Waals surface area contributed by atoms with Crippen LogP contribution >= 0.6 is 11.6 Å². The average Bonchev–Trinajstić information content (AvgIpc) is 2.86. The summed E-state index contributed by atoms with van der Waals surface area (Å²) < 4.78 is 0. The lowest BCUT2D eigenvalue weighted by atomic mass is 10.2. The number of aromatic nitrogens is 2. The van der Waals surface area contributed by atoms with Crippen LogP contribution in [0.2, 0.25) is 5.15 Å². The molecule has 1 saturated heterocycles. The smallest absolute Gasteiger partial charge is 0.172 e. The van der Waals surface area contributed by atoms with E-state index in [1.807, 2.05) is 24.3 Å². The van der Waals surface area contributed by atoms with Crippen molar-refractivity contribution in [3.05, 3.63) is 29.4 Å². The molecule has 2 N–H and O–H groups in total. The summed E-state index contributed by atoms with van der Waals surface area (Å²) in [5.74, 6) is 0.767. The van der Waals surface area contributed by atoms with Gasteiger partial charge in [0.1, 0.15) is 0 Å². The predicted molar refractivity (Wildman–Crippen MR) is 74.0 cm³/mol. The first-order valence-electron chi connectivity index (χ1n) is 6.18. The summed E-state index contributed by atoms with van der Waals surface area (Å²) in [4.78, 5) is 11.2. The number of rotatable bonds is 2. The number of nitrogens with zero attached hydrogens (tertiary/aromatic N) is 3. The van der Waals surface area contributed by atoms with Gasteiger partial charge in [0.2, 0.25) is 0 Å². The summed E-state index contributed by atoms with van der Waals surface area (Å²) in [6, 6.07) is 8.10. The molecule has 18 heavy (non-hydrogen) atoms.